The van der Waals surface area contributed by atoms with Crippen molar-refractivity contribution < 1.29 is 4.79 Å². The second-order valence-corrected chi connectivity index (χ2v) is 5.01. The minimum atomic E-state index is -0.267. The SMILES string of the molecule is NCc1ccc(NC(=O)Nc2cccc3ccccc23)cc1. The fraction of sp³-hybridized carbons (Fsp3) is 0.0556. The molecular formula is C18H17N3O. The van der Waals surface area contributed by atoms with Crippen LogP contribution in [0.5, 0.6) is 0 Å². The lowest BCUT2D eigenvalue weighted by Gasteiger charge is -2.10. The number of carbonyl (C=O) groups is 1. The molecule has 0 saturated carbocycles. The number of anilines is 2. The van der Waals surface area contributed by atoms with E-state index in [1.54, 1.807) is 0 Å². The van der Waals surface area contributed by atoms with E-state index in [9.17, 15) is 4.79 Å². The number of hydrogen-bond acceptors (Lipinski definition) is 2. The Morgan fingerprint density at radius 2 is 1.59 bits per heavy atom. The largest absolute Gasteiger partial charge is 0.326 e. The van der Waals surface area contributed by atoms with Crippen LogP contribution in [0.1, 0.15) is 5.56 Å². The van der Waals surface area contributed by atoms with Crippen molar-refractivity contribution in [2.45, 2.75) is 6.54 Å². The van der Waals surface area contributed by atoms with Crippen LogP contribution in [0.3, 0.4) is 0 Å². The molecule has 0 saturated heterocycles. The summed E-state index contributed by atoms with van der Waals surface area (Å²) in [5.74, 6) is 0. The number of nitrogens with two attached hydrogens (primary N) is 1. The molecule has 0 aliphatic rings. The van der Waals surface area contributed by atoms with Crippen molar-refractivity contribution in [3.63, 3.8) is 0 Å². The van der Waals surface area contributed by atoms with Gasteiger partial charge in [-0.1, -0.05) is 48.5 Å². The van der Waals surface area contributed by atoms with E-state index in [2.05, 4.69) is 10.6 Å². The van der Waals surface area contributed by atoms with Crippen LogP contribution in [0.4, 0.5) is 16.2 Å². The van der Waals surface area contributed by atoms with Crippen molar-refractivity contribution >= 4 is 28.2 Å². The molecule has 0 fully saturated rings. The first-order valence-corrected chi connectivity index (χ1v) is 7.11. The molecule has 4 nitrogen and oxygen atoms in total. The monoisotopic (exact) mass is 291 g/mol. The van der Waals surface area contributed by atoms with Crippen molar-refractivity contribution in [3.8, 4) is 0 Å². The maximum atomic E-state index is 12.1. The van der Waals surface area contributed by atoms with Crippen LogP contribution in [-0.2, 0) is 6.54 Å². The van der Waals surface area contributed by atoms with Crippen LogP contribution < -0.4 is 16.4 Å². The maximum absolute atomic E-state index is 12.1. The minimum Gasteiger partial charge on any atom is -0.326 e. The highest BCUT2D eigenvalue weighted by Crippen LogP contribution is 2.23. The van der Waals surface area contributed by atoms with Crippen LogP contribution in [-0.4, -0.2) is 6.03 Å². The predicted molar refractivity (Wildman–Crippen MR) is 90.9 cm³/mol. The van der Waals surface area contributed by atoms with Gasteiger partial charge in [0.25, 0.3) is 0 Å². The number of benzene rings is 3. The van der Waals surface area contributed by atoms with Gasteiger partial charge in [-0.15, -0.1) is 0 Å². The van der Waals surface area contributed by atoms with E-state index >= 15 is 0 Å². The highest BCUT2D eigenvalue weighted by molar-refractivity contribution is 6.06. The molecule has 0 unspecified atom stereocenters. The molecule has 3 rings (SSSR count). The number of amides is 2. The van der Waals surface area contributed by atoms with Gasteiger partial charge in [0, 0.05) is 17.6 Å². The van der Waals surface area contributed by atoms with E-state index in [1.165, 1.54) is 0 Å². The summed E-state index contributed by atoms with van der Waals surface area (Å²) >= 11 is 0. The van der Waals surface area contributed by atoms with Crippen LogP contribution in [0.15, 0.2) is 66.7 Å². The first-order chi connectivity index (χ1) is 10.8. The first-order valence-electron chi connectivity index (χ1n) is 7.11. The van der Waals surface area contributed by atoms with Gasteiger partial charge in [-0.05, 0) is 29.1 Å². The molecule has 0 bridgehead atoms. The zero-order chi connectivity index (χ0) is 15.4. The summed E-state index contributed by atoms with van der Waals surface area (Å²) in [5, 5.41) is 7.81. The zero-order valence-corrected chi connectivity index (χ0v) is 12.0. The van der Waals surface area contributed by atoms with Gasteiger partial charge >= 0.3 is 6.03 Å². The van der Waals surface area contributed by atoms with Gasteiger partial charge in [0.1, 0.15) is 0 Å². The average Bonchev–Trinajstić information content (AvgIpc) is 2.56. The summed E-state index contributed by atoms with van der Waals surface area (Å²) in [5.41, 5.74) is 8.10. The second-order valence-electron chi connectivity index (χ2n) is 5.01. The van der Waals surface area contributed by atoms with Crippen molar-refractivity contribution in [2.24, 2.45) is 5.73 Å². The van der Waals surface area contributed by atoms with Gasteiger partial charge in [0.05, 0.1) is 5.69 Å². The quantitative estimate of drug-likeness (QED) is 0.684. The smallest absolute Gasteiger partial charge is 0.323 e. The molecule has 110 valence electrons. The van der Waals surface area contributed by atoms with Crippen LogP contribution >= 0.6 is 0 Å². The molecule has 0 aliphatic carbocycles. The molecule has 0 atom stereocenters. The molecular weight excluding hydrogens is 274 g/mol. The van der Waals surface area contributed by atoms with Gasteiger partial charge in [-0.25, -0.2) is 4.79 Å². The maximum Gasteiger partial charge on any atom is 0.323 e. The lowest BCUT2D eigenvalue weighted by Crippen LogP contribution is -2.19. The number of nitrogens with one attached hydrogen (secondary N) is 2. The first kappa shape index (κ1) is 14.1. The minimum absolute atomic E-state index is 0.267. The summed E-state index contributed by atoms with van der Waals surface area (Å²) in [6.45, 7) is 0.489. The topological polar surface area (TPSA) is 67.1 Å². The van der Waals surface area contributed by atoms with Gasteiger partial charge in [0.2, 0.25) is 0 Å². The van der Waals surface area contributed by atoms with Gasteiger partial charge in [0.15, 0.2) is 0 Å². The molecule has 0 radical (unpaired) electrons. The Hall–Kier alpha value is -2.85. The Bertz CT molecular complexity index is 792. The summed E-state index contributed by atoms with van der Waals surface area (Å²) in [6.07, 6.45) is 0. The third kappa shape index (κ3) is 3.07. The van der Waals surface area contributed by atoms with E-state index in [-0.39, 0.29) is 6.03 Å². The highest BCUT2D eigenvalue weighted by atomic mass is 16.2. The summed E-state index contributed by atoms with van der Waals surface area (Å²) < 4.78 is 0. The third-order valence-electron chi connectivity index (χ3n) is 3.49. The molecule has 3 aromatic rings. The summed E-state index contributed by atoms with van der Waals surface area (Å²) in [4.78, 5) is 12.1. The van der Waals surface area contributed by atoms with E-state index in [0.717, 1.165) is 27.7 Å². The Labute approximate surface area is 129 Å². The molecule has 0 aliphatic heterocycles. The van der Waals surface area contributed by atoms with E-state index in [4.69, 9.17) is 5.73 Å². The molecule has 0 aromatic heterocycles. The van der Waals surface area contributed by atoms with Gasteiger partial charge < -0.3 is 16.4 Å². The highest BCUT2D eigenvalue weighted by Gasteiger charge is 2.05. The second kappa shape index (κ2) is 6.28. The molecule has 2 amide bonds. The summed E-state index contributed by atoms with van der Waals surface area (Å²) in [6, 6.07) is 21.0. The van der Waals surface area contributed by atoms with Gasteiger partial charge in [-0.2, -0.15) is 0 Å². The predicted octanol–water partition coefficient (Wildman–Crippen LogP) is 3.94. The lowest BCUT2D eigenvalue weighted by molar-refractivity contribution is 0.262. The molecule has 4 N–H and O–H groups in total. The molecule has 4 heteroatoms. The third-order valence-corrected chi connectivity index (χ3v) is 3.49. The Kier molecular flexibility index (Phi) is 4.03. The van der Waals surface area contributed by atoms with Crippen molar-refractivity contribution in [1.82, 2.24) is 0 Å². The molecule has 22 heavy (non-hydrogen) atoms. The summed E-state index contributed by atoms with van der Waals surface area (Å²) in [7, 11) is 0. The van der Waals surface area contributed by atoms with Crippen molar-refractivity contribution in [3.05, 3.63) is 72.3 Å². The number of hydrogen-bond donors (Lipinski definition) is 3. The van der Waals surface area contributed by atoms with Crippen LogP contribution in [0.25, 0.3) is 10.8 Å². The van der Waals surface area contributed by atoms with E-state index < -0.39 is 0 Å². The number of fused-ring (bicyclic) bond motifs is 1. The Morgan fingerprint density at radius 1 is 0.864 bits per heavy atom. The number of urea groups is 1. The van der Waals surface area contributed by atoms with Crippen molar-refractivity contribution in [1.29, 1.82) is 0 Å². The van der Waals surface area contributed by atoms with Crippen molar-refractivity contribution in [2.75, 3.05) is 10.6 Å². The van der Waals surface area contributed by atoms with Crippen LogP contribution in [0, 0.1) is 0 Å². The molecule has 0 heterocycles. The standard InChI is InChI=1S/C18H17N3O/c19-12-13-8-10-15(11-9-13)20-18(22)21-17-7-3-5-14-4-1-2-6-16(14)17/h1-11H,12,19H2,(H2,20,21,22). The average molecular weight is 291 g/mol. The van der Waals surface area contributed by atoms with E-state index in [0.29, 0.717) is 6.54 Å². The zero-order valence-electron chi connectivity index (χ0n) is 12.0. The number of carbonyl (C=O) groups excluding carboxylic acids is 1. The fourth-order valence-corrected chi connectivity index (χ4v) is 2.34. The lowest BCUT2D eigenvalue weighted by atomic mass is 10.1. The normalized spacial score (nSPS) is 10.4. The molecule has 0 spiro atoms. The van der Waals surface area contributed by atoms with Crippen LogP contribution in [0.2, 0.25) is 0 Å². The van der Waals surface area contributed by atoms with E-state index in [1.807, 2.05) is 66.7 Å². The fourth-order valence-electron chi connectivity index (χ4n) is 2.34. The Balaban J connectivity index is 1.75. The Morgan fingerprint density at radius 3 is 2.36 bits per heavy atom. The van der Waals surface area contributed by atoms with Gasteiger partial charge in [-0.3, -0.25) is 0 Å². The molecule has 3 aromatic carbocycles. The number of rotatable bonds is 3.